The van der Waals surface area contributed by atoms with Crippen LogP contribution in [-0.2, 0) is 9.47 Å². The van der Waals surface area contributed by atoms with Gasteiger partial charge >= 0.3 is 5.97 Å². The van der Waals surface area contributed by atoms with E-state index < -0.39 is 5.97 Å². The highest BCUT2D eigenvalue weighted by molar-refractivity contribution is 5.88. The molecular weight excluding hydrogens is 282 g/mol. The molecule has 0 aliphatic carbocycles. The number of carbonyl (C=O) groups excluding carboxylic acids is 1. The molecule has 0 radical (unpaired) electrons. The SMILES string of the molecule is COCCN1CCC(CNc2ccnc(C(=O)OC)c2)CC1. The number of pyridine rings is 1. The highest BCUT2D eigenvalue weighted by atomic mass is 16.5. The van der Waals surface area contributed by atoms with Crippen LogP contribution in [0.15, 0.2) is 18.3 Å². The molecule has 6 nitrogen and oxygen atoms in total. The number of piperidine rings is 1. The van der Waals surface area contributed by atoms with E-state index in [0.29, 0.717) is 11.6 Å². The van der Waals surface area contributed by atoms with Gasteiger partial charge in [0, 0.05) is 32.1 Å². The first-order chi connectivity index (χ1) is 10.7. The van der Waals surface area contributed by atoms with Gasteiger partial charge in [0.05, 0.1) is 13.7 Å². The fourth-order valence-corrected chi connectivity index (χ4v) is 2.65. The second kappa shape index (κ2) is 8.70. The fraction of sp³-hybridized carbons (Fsp3) is 0.625. The molecule has 1 aliphatic rings. The van der Waals surface area contributed by atoms with E-state index in [1.807, 2.05) is 6.07 Å². The Morgan fingerprint density at radius 2 is 2.18 bits per heavy atom. The lowest BCUT2D eigenvalue weighted by Crippen LogP contribution is -2.37. The zero-order chi connectivity index (χ0) is 15.8. The molecule has 0 spiro atoms. The first-order valence-electron chi connectivity index (χ1n) is 7.72. The molecule has 6 heteroatoms. The minimum Gasteiger partial charge on any atom is -0.464 e. The van der Waals surface area contributed by atoms with Gasteiger partial charge in [0.1, 0.15) is 5.69 Å². The molecule has 122 valence electrons. The van der Waals surface area contributed by atoms with Crippen molar-refractivity contribution in [2.45, 2.75) is 12.8 Å². The molecule has 1 aromatic rings. The van der Waals surface area contributed by atoms with Gasteiger partial charge in [-0.1, -0.05) is 0 Å². The number of likely N-dealkylation sites (tertiary alicyclic amines) is 1. The number of ether oxygens (including phenoxy) is 2. The molecule has 2 rings (SSSR count). The third kappa shape index (κ3) is 4.96. The molecule has 1 fully saturated rings. The minimum atomic E-state index is -0.407. The number of carbonyl (C=O) groups is 1. The van der Waals surface area contributed by atoms with Crippen molar-refractivity contribution in [3.05, 3.63) is 24.0 Å². The Kier molecular flexibility index (Phi) is 6.61. The van der Waals surface area contributed by atoms with Crippen LogP contribution in [0.2, 0.25) is 0 Å². The summed E-state index contributed by atoms with van der Waals surface area (Å²) in [6, 6.07) is 3.61. The standard InChI is InChI=1S/C16H25N3O3/c1-21-10-9-19-7-4-13(5-8-19)12-18-14-3-6-17-15(11-14)16(20)22-2/h3,6,11,13H,4-5,7-10,12H2,1-2H3,(H,17,18). The first-order valence-corrected chi connectivity index (χ1v) is 7.72. The smallest absolute Gasteiger partial charge is 0.356 e. The number of nitrogens with zero attached hydrogens (tertiary/aromatic N) is 2. The first kappa shape index (κ1) is 16.7. The maximum absolute atomic E-state index is 11.5. The summed E-state index contributed by atoms with van der Waals surface area (Å²) in [7, 11) is 3.11. The van der Waals surface area contributed by atoms with Gasteiger partial charge in [-0.05, 0) is 44.0 Å². The zero-order valence-electron chi connectivity index (χ0n) is 13.4. The minimum absolute atomic E-state index is 0.335. The van der Waals surface area contributed by atoms with Crippen molar-refractivity contribution in [3.63, 3.8) is 0 Å². The quantitative estimate of drug-likeness (QED) is 0.773. The number of hydrogen-bond acceptors (Lipinski definition) is 6. The van der Waals surface area contributed by atoms with Gasteiger partial charge < -0.3 is 19.7 Å². The highest BCUT2D eigenvalue weighted by Gasteiger charge is 2.18. The Hall–Kier alpha value is -1.66. The third-order valence-corrected chi connectivity index (χ3v) is 4.07. The van der Waals surface area contributed by atoms with Gasteiger partial charge in [0.25, 0.3) is 0 Å². The van der Waals surface area contributed by atoms with E-state index in [1.165, 1.54) is 20.0 Å². The van der Waals surface area contributed by atoms with Crippen LogP contribution in [0.5, 0.6) is 0 Å². The van der Waals surface area contributed by atoms with E-state index in [2.05, 4.69) is 19.9 Å². The summed E-state index contributed by atoms with van der Waals surface area (Å²) in [4.78, 5) is 17.9. The van der Waals surface area contributed by atoms with Crippen LogP contribution in [0, 0.1) is 5.92 Å². The number of esters is 1. The number of nitrogens with one attached hydrogen (secondary N) is 1. The Morgan fingerprint density at radius 3 is 2.86 bits per heavy atom. The van der Waals surface area contributed by atoms with Crippen LogP contribution in [0.1, 0.15) is 23.3 Å². The molecule has 22 heavy (non-hydrogen) atoms. The molecule has 0 unspecified atom stereocenters. The summed E-state index contributed by atoms with van der Waals surface area (Å²) in [5, 5.41) is 3.40. The maximum Gasteiger partial charge on any atom is 0.356 e. The van der Waals surface area contributed by atoms with E-state index >= 15 is 0 Å². The lowest BCUT2D eigenvalue weighted by atomic mass is 9.97. The average molecular weight is 307 g/mol. The largest absolute Gasteiger partial charge is 0.464 e. The van der Waals surface area contributed by atoms with Crippen LogP contribution < -0.4 is 5.32 Å². The molecule has 0 bridgehead atoms. The van der Waals surface area contributed by atoms with Crippen molar-refractivity contribution >= 4 is 11.7 Å². The monoisotopic (exact) mass is 307 g/mol. The van der Waals surface area contributed by atoms with Crippen molar-refractivity contribution < 1.29 is 14.3 Å². The molecule has 0 amide bonds. The zero-order valence-corrected chi connectivity index (χ0v) is 13.4. The highest BCUT2D eigenvalue weighted by Crippen LogP contribution is 2.18. The van der Waals surface area contributed by atoms with E-state index in [0.717, 1.165) is 38.5 Å². The van der Waals surface area contributed by atoms with Gasteiger partial charge in [-0.25, -0.2) is 9.78 Å². The molecular formula is C16H25N3O3. The molecule has 0 aromatic carbocycles. The van der Waals surface area contributed by atoms with Crippen molar-refractivity contribution in [2.75, 3.05) is 52.3 Å². The van der Waals surface area contributed by atoms with Crippen LogP contribution in [-0.4, -0.2) is 62.9 Å². The maximum atomic E-state index is 11.5. The number of aromatic nitrogens is 1. The van der Waals surface area contributed by atoms with Crippen LogP contribution in [0.25, 0.3) is 0 Å². The second-order valence-corrected chi connectivity index (χ2v) is 5.58. The van der Waals surface area contributed by atoms with E-state index in [1.54, 1.807) is 19.4 Å². The molecule has 0 atom stereocenters. The van der Waals surface area contributed by atoms with Crippen molar-refractivity contribution in [2.24, 2.45) is 5.92 Å². The predicted molar refractivity (Wildman–Crippen MR) is 85.1 cm³/mol. The van der Waals surface area contributed by atoms with Gasteiger partial charge in [-0.3, -0.25) is 0 Å². The number of anilines is 1. The van der Waals surface area contributed by atoms with Gasteiger partial charge in [-0.2, -0.15) is 0 Å². The van der Waals surface area contributed by atoms with Gasteiger partial charge in [-0.15, -0.1) is 0 Å². The molecule has 1 N–H and O–H groups in total. The normalized spacial score (nSPS) is 16.5. The molecule has 1 saturated heterocycles. The Bertz CT molecular complexity index is 473. The van der Waals surface area contributed by atoms with E-state index in [4.69, 9.17) is 4.74 Å². The summed E-state index contributed by atoms with van der Waals surface area (Å²) in [5.41, 5.74) is 1.25. The molecule has 0 saturated carbocycles. The predicted octanol–water partition coefficient (Wildman–Crippen LogP) is 1.64. The van der Waals surface area contributed by atoms with Crippen LogP contribution in [0.4, 0.5) is 5.69 Å². The van der Waals surface area contributed by atoms with Crippen molar-refractivity contribution in [3.8, 4) is 0 Å². The van der Waals surface area contributed by atoms with Crippen molar-refractivity contribution in [1.82, 2.24) is 9.88 Å². The Morgan fingerprint density at radius 1 is 1.41 bits per heavy atom. The van der Waals surface area contributed by atoms with Gasteiger partial charge in [0.2, 0.25) is 0 Å². The summed E-state index contributed by atoms with van der Waals surface area (Å²) < 4.78 is 9.80. The summed E-state index contributed by atoms with van der Waals surface area (Å²) in [6.07, 6.45) is 4.00. The van der Waals surface area contributed by atoms with E-state index in [9.17, 15) is 4.79 Å². The van der Waals surface area contributed by atoms with Gasteiger partial charge in [0.15, 0.2) is 0 Å². The third-order valence-electron chi connectivity index (χ3n) is 4.07. The number of methoxy groups -OCH3 is 2. The van der Waals surface area contributed by atoms with E-state index in [-0.39, 0.29) is 0 Å². The lowest BCUT2D eigenvalue weighted by molar-refractivity contribution is 0.0594. The number of rotatable bonds is 7. The van der Waals surface area contributed by atoms with Crippen LogP contribution >= 0.6 is 0 Å². The summed E-state index contributed by atoms with van der Waals surface area (Å²) >= 11 is 0. The average Bonchev–Trinajstić information content (AvgIpc) is 2.58. The fourth-order valence-electron chi connectivity index (χ4n) is 2.65. The Balaban J connectivity index is 1.76. The van der Waals surface area contributed by atoms with Crippen LogP contribution in [0.3, 0.4) is 0 Å². The second-order valence-electron chi connectivity index (χ2n) is 5.58. The summed E-state index contributed by atoms with van der Waals surface area (Å²) in [6.45, 7) is 4.99. The Labute approximate surface area is 131 Å². The van der Waals surface area contributed by atoms with Crippen molar-refractivity contribution in [1.29, 1.82) is 0 Å². The lowest BCUT2D eigenvalue weighted by Gasteiger charge is -2.31. The molecule has 1 aromatic heterocycles. The number of hydrogen-bond donors (Lipinski definition) is 1. The summed E-state index contributed by atoms with van der Waals surface area (Å²) in [5.74, 6) is 0.253. The topological polar surface area (TPSA) is 63.7 Å². The molecule has 1 aliphatic heterocycles. The molecule has 2 heterocycles.